The minimum Gasteiger partial charge on any atom is -0.497 e. The summed E-state index contributed by atoms with van der Waals surface area (Å²) in [6.45, 7) is 2.95. The highest BCUT2D eigenvalue weighted by molar-refractivity contribution is 5.40. The van der Waals surface area contributed by atoms with Crippen molar-refractivity contribution >= 4 is 0 Å². The van der Waals surface area contributed by atoms with Crippen LogP contribution in [0.15, 0.2) is 42.5 Å². The summed E-state index contributed by atoms with van der Waals surface area (Å²) >= 11 is 0. The Morgan fingerprint density at radius 2 is 1.74 bits per heavy atom. The fourth-order valence-corrected chi connectivity index (χ4v) is 1.92. The molecule has 0 unspecified atom stereocenters. The SMILES string of the molecule is CNCc1ccc(Oc2cccc(OC)c2)cc1C. The lowest BCUT2D eigenvalue weighted by atomic mass is 10.1. The molecule has 0 saturated heterocycles. The highest BCUT2D eigenvalue weighted by Gasteiger charge is 2.02. The Hall–Kier alpha value is -2.00. The smallest absolute Gasteiger partial charge is 0.131 e. The summed E-state index contributed by atoms with van der Waals surface area (Å²) in [6.07, 6.45) is 0. The van der Waals surface area contributed by atoms with E-state index in [0.29, 0.717) is 0 Å². The molecule has 3 nitrogen and oxygen atoms in total. The van der Waals surface area contributed by atoms with Crippen molar-refractivity contribution in [2.75, 3.05) is 14.2 Å². The topological polar surface area (TPSA) is 30.5 Å². The van der Waals surface area contributed by atoms with Gasteiger partial charge in [0.1, 0.15) is 17.2 Å². The van der Waals surface area contributed by atoms with E-state index in [-0.39, 0.29) is 0 Å². The van der Waals surface area contributed by atoms with Crippen molar-refractivity contribution in [3.05, 3.63) is 53.6 Å². The van der Waals surface area contributed by atoms with Crippen LogP contribution >= 0.6 is 0 Å². The Kier molecular flexibility index (Phi) is 4.42. The molecule has 3 heteroatoms. The van der Waals surface area contributed by atoms with Crippen molar-refractivity contribution in [2.45, 2.75) is 13.5 Å². The van der Waals surface area contributed by atoms with Crippen molar-refractivity contribution in [2.24, 2.45) is 0 Å². The molecule has 2 aromatic rings. The van der Waals surface area contributed by atoms with Gasteiger partial charge < -0.3 is 14.8 Å². The van der Waals surface area contributed by atoms with E-state index in [0.717, 1.165) is 23.8 Å². The Morgan fingerprint density at radius 1 is 1.00 bits per heavy atom. The maximum absolute atomic E-state index is 5.83. The lowest BCUT2D eigenvalue weighted by molar-refractivity contribution is 0.409. The second-order valence-electron chi connectivity index (χ2n) is 4.40. The minimum atomic E-state index is 0.778. The molecule has 0 spiro atoms. The summed E-state index contributed by atoms with van der Waals surface area (Å²) in [5.74, 6) is 2.41. The number of aryl methyl sites for hydroxylation is 1. The van der Waals surface area contributed by atoms with Crippen molar-refractivity contribution < 1.29 is 9.47 Å². The molecule has 0 heterocycles. The van der Waals surface area contributed by atoms with Gasteiger partial charge in [0.2, 0.25) is 0 Å². The summed E-state index contributed by atoms with van der Waals surface area (Å²) in [5.41, 5.74) is 2.50. The molecule has 0 aromatic heterocycles. The van der Waals surface area contributed by atoms with Gasteiger partial charge in [-0.2, -0.15) is 0 Å². The zero-order valence-electron chi connectivity index (χ0n) is 11.6. The van der Waals surface area contributed by atoms with Crippen molar-refractivity contribution in [1.82, 2.24) is 5.32 Å². The van der Waals surface area contributed by atoms with Gasteiger partial charge >= 0.3 is 0 Å². The third kappa shape index (κ3) is 3.48. The van der Waals surface area contributed by atoms with Crippen LogP contribution in [0.5, 0.6) is 17.2 Å². The van der Waals surface area contributed by atoms with Gasteiger partial charge in [0.05, 0.1) is 7.11 Å². The predicted molar refractivity (Wildman–Crippen MR) is 77.0 cm³/mol. The van der Waals surface area contributed by atoms with Crippen LogP contribution < -0.4 is 14.8 Å². The fraction of sp³-hybridized carbons (Fsp3) is 0.250. The van der Waals surface area contributed by atoms with Gasteiger partial charge in [0.15, 0.2) is 0 Å². The monoisotopic (exact) mass is 257 g/mol. The maximum atomic E-state index is 5.83. The van der Waals surface area contributed by atoms with Crippen LogP contribution in [0.1, 0.15) is 11.1 Å². The van der Waals surface area contributed by atoms with E-state index in [2.05, 4.69) is 18.3 Å². The molecule has 2 rings (SSSR count). The summed E-state index contributed by atoms with van der Waals surface area (Å²) < 4.78 is 11.0. The van der Waals surface area contributed by atoms with Crippen LogP contribution in [0.4, 0.5) is 0 Å². The molecule has 0 fully saturated rings. The van der Waals surface area contributed by atoms with Crippen molar-refractivity contribution in [1.29, 1.82) is 0 Å². The van der Waals surface area contributed by atoms with Gasteiger partial charge in [0, 0.05) is 12.6 Å². The minimum absolute atomic E-state index is 0.778. The predicted octanol–water partition coefficient (Wildman–Crippen LogP) is 3.52. The third-order valence-corrected chi connectivity index (χ3v) is 2.96. The van der Waals surface area contributed by atoms with E-state index in [1.165, 1.54) is 11.1 Å². The van der Waals surface area contributed by atoms with Gasteiger partial charge in [-0.05, 0) is 49.4 Å². The lowest BCUT2D eigenvalue weighted by Gasteiger charge is -2.10. The number of benzene rings is 2. The number of hydrogen-bond acceptors (Lipinski definition) is 3. The van der Waals surface area contributed by atoms with E-state index in [4.69, 9.17) is 9.47 Å². The van der Waals surface area contributed by atoms with Gasteiger partial charge in [-0.3, -0.25) is 0 Å². The molecule has 2 aromatic carbocycles. The average molecular weight is 257 g/mol. The normalized spacial score (nSPS) is 10.3. The molecule has 0 saturated carbocycles. The summed E-state index contributed by atoms with van der Waals surface area (Å²) in [4.78, 5) is 0. The molecule has 19 heavy (non-hydrogen) atoms. The maximum Gasteiger partial charge on any atom is 0.131 e. The first-order valence-corrected chi connectivity index (χ1v) is 6.29. The number of nitrogens with one attached hydrogen (secondary N) is 1. The molecule has 0 amide bonds. The molecule has 0 atom stereocenters. The van der Waals surface area contributed by atoms with Gasteiger partial charge in [-0.15, -0.1) is 0 Å². The molecule has 100 valence electrons. The molecular formula is C16H19NO2. The second kappa shape index (κ2) is 6.25. The zero-order valence-corrected chi connectivity index (χ0v) is 11.6. The van der Waals surface area contributed by atoms with Crippen LogP contribution in [0.25, 0.3) is 0 Å². The van der Waals surface area contributed by atoms with Crippen LogP contribution in [0.2, 0.25) is 0 Å². The van der Waals surface area contributed by atoms with E-state index >= 15 is 0 Å². The van der Waals surface area contributed by atoms with Crippen molar-refractivity contribution in [3.63, 3.8) is 0 Å². The molecule has 1 N–H and O–H groups in total. The summed E-state index contributed by atoms with van der Waals surface area (Å²) in [7, 11) is 3.59. The fourth-order valence-electron chi connectivity index (χ4n) is 1.92. The Labute approximate surface area is 114 Å². The largest absolute Gasteiger partial charge is 0.497 e. The van der Waals surface area contributed by atoms with Crippen molar-refractivity contribution in [3.8, 4) is 17.2 Å². The van der Waals surface area contributed by atoms with Crippen LogP contribution in [-0.2, 0) is 6.54 Å². The Balaban J connectivity index is 2.16. The third-order valence-electron chi connectivity index (χ3n) is 2.96. The molecule has 0 bridgehead atoms. The van der Waals surface area contributed by atoms with Crippen LogP contribution in [-0.4, -0.2) is 14.2 Å². The zero-order chi connectivity index (χ0) is 13.7. The summed E-state index contributed by atoms with van der Waals surface area (Å²) in [5, 5.41) is 3.15. The number of methoxy groups -OCH3 is 1. The molecular weight excluding hydrogens is 238 g/mol. The van der Waals surface area contributed by atoms with E-state index in [1.807, 2.05) is 43.4 Å². The van der Waals surface area contributed by atoms with Crippen LogP contribution in [0.3, 0.4) is 0 Å². The average Bonchev–Trinajstić information content (AvgIpc) is 2.42. The lowest BCUT2D eigenvalue weighted by Crippen LogP contribution is -2.06. The number of ether oxygens (including phenoxy) is 2. The summed E-state index contributed by atoms with van der Waals surface area (Å²) in [6, 6.07) is 13.7. The highest BCUT2D eigenvalue weighted by Crippen LogP contribution is 2.26. The van der Waals surface area contributed by atoms with Gasteiger partial charge in [0.25, 0.3) is 0 Å². The van der Waals surface area contributed by atoms with Gasteiger partial charge in [-0.25, -0.2) is 0 Å². The van der Waals surface area contributed by atoms with Gasteiger partial charge in [-0.1, -0.05) is 12.1 Å². The molecule has 0 aliphatic heterocycles. The first-order valence-electron chi connectivity index (χ1n) is 6.29. The molecule has 0 aliphatic rings. The van der Waals surface area contributed by atoms with E-state index in [9.17, 15) is 0 Å². The highest BCUT2D eigenvalue weighted by atomic mass is 16.5. The molecule has 0 radical (unpaired) electrons. The van der Waals surface area contributed by atoms with E-state index in [1.54, 1.807) is 7.11 Å². The Bertz CT molecular complexity index is 552. The number of rotatable bonds is 5. The first kappa shape index (κ1) is 13.4. The first-order chi connectivity index (χ1) is 9.22. The standard InChI is InChI=1S/C16H19NO2/c1-12-9-16(8-7-13(12)11-17-2)19-15-6-4-5-14(10-15)18-3/h4-10,17H,11H2,1-3H3. The van der Waals surface area contributed by atoms with Crippen LogP contribution in [0, 0.1) is 6.92 Å². The quantitative estimate of drug-likeness (QED) is 0.889. The number of hydrogen-bond donors (Lipinski definition) is 1. The van der Waals surface area contributed by atoms with E-state index < -0.39 is 0 Å². The molecule has 0 aliphatic carbocycles. The second-order valence-corrected chi connectivity index (χ2v) is 4.40. The Morgan fingerprint density at radius 3 is 2.42 bits per heavy atom.